The molecule has 1 atom stereocenters. The summed E-state index contributed by atoms with van der Waals surface area (Å²) in [6, 6.07) is 8.14. The normalized spacial score (nSPS) is 19.4. The first-order valence-electron chi connectivity index (χ1n) is 7.77. The van der Waals surface area contributed by atoms with E-state index in [1.54, 1.807) is 0 Å². The quantitative estimate of drug-likeness (QED) is 0.930. The van der Waals surface area contributed by atoms with Gasteiger partial charge in [0.05, 0.1) is 19.5 Å². The predicted molar refractivity (Wildman–Crippen MR) is 84.5 cm³/mol. The zero-order valence-corrected chi connectivity index (χ0v) is 12.9. The smallest absolute Gasteiger partial charge is 0.250 e. The highest BCUT2D eigenvalue weighted by Gasteiger charge is 2.19. The summed E-state index contributed by atoms with van der Waals surface area (Å²) in [5.74, 6) is 0.0680. The number of hydrogen-bond donors (Lipinski definition) is 1. The zero-order valence-electron chi connectivity index (χ0n) is 12.9. The topological polar surface area (TPSA) is 58.2 Å². The first-order chi connectivity index (χ1) is 11.2. The molecular formula is C17H20FN3O2. The second-order valence-electron chi connectivity index (χ2n) is 5.91. The molecule has 1 aliphatic rings. The van der Waals surface area contributed by atoms with Crippen molar-refractivity contribution >= 4 is 0 Å². The molecule has 1 N–H and O–H groups in total. The number of H-pyrrole nitrogens is 1. The first kappa shape index (κ1) is 15.8. The third-order valence-corrected chi connectivity index (χ3v) is 3.97. The van der Waals surface area contributed by atoms with E-state index < -0.39 is 0 Å². The maximum atomic E-state index is 13.0. The Balaban J connectivity index is 1.63. The number of rotatable bonds is 4. The second kappa shape index (κ2) is 7.48. The van der Waals surface area contributed by atoms with Gasteiger partial charge in [0.2, 0.25) is 0 Å². The van der Waals surface area contributed by atoms with Crippen LogP contribution in [0.4, 0.5) is 4.39 Å². The molecule has 5 nitrogen and oxygen atoms in total. The molecule has 1 aromatic heterocycles. The minimum Gasteiger partial charge on any atom is -0.380 e. The first-order valence-corrected chi connectivity index (χ1v) is 7.77. The van der Waals surface area contributed by atoms with Crippen molar-refractivity contribution in [3.05, 3.63) is 64.1 Å². The number of benzene rings is 1. The van der Waals surface area contributed by atoms with Crippen LogP contribution in [0.5, 0.6) is 0 Å². The second-order valence-corrected chi connectivity index (χ2v) is 5.91. The van der Waals surface area contributed by atoms with Crippen molar-refractivity contribution in [1.82, 2.24) is 14.9 Å². The van der Waals surface area contributed by atoms with Crippen LogP contribution in [-0.2, 0) is 17.7 Å². The van der Waals surface area contributed by atoms with E-state index in [-0.39, 0.29) is 17.3 Å². The molecule has 0 aliphatic carbocycles. The van der Waals surface area contributed by atoms with Crippen molar-refractivity contribution in [2.75, 3.05) is 26.3 Å². The van der Waals surface area contributed by atoms with Gasteiger partial charge in [-0.25, -0.2) is 9.37 Å². The number of hydrogen-bond acceptors (Lipinski definition) is 4. The number of halogens is 1. The Hall–Kier alpha value is -2.05. The van der Waals surface area contributed by atoms with Gasteiger partial charge in [-0.05, 0) is 24.1 Å². The largest absolute Gasteiger partial charge is 0.380 e. The molecule has 0 unspecified atom stereocenters. The van der Waals surface area contributed by atoms with E-state index in [4.69, 9.17) is 4.74 Å². The van der Waals surface area contributed by atoms with Gasteiger partial charge in [0, 0.05) is 37.3 Å². The van der Waals surface area contributed by atoms with Crippen molar-refractivity contribution < 1.29 is 9.13 Å². The summed E-state index contributed by atoms with van der Waals surface area (Å²) < 4.78 is 18.7. The maximum Gasteiger partial charge on any atom is 0.250 e. The van der Waals surface area contributed by atoms with E-state index in [0.29, 0.717) is 19.6 Å². The molecule has 1 saturated heterocycles. The molecular weight excluding hydrogens is 297 g/mol. The number of aromatic nitrogens is 2. The molecule has 1 aliphatic heterocycles. The minimum atomic E-state index is -0.216. The van der Waals surface area contributed by atoms with E-state index in [2.05, 4.69) is 14.9 Å². The van der Waals surface area contributed by atoms with E-state index in [0.717, 1.165) is 30.9 Å². The summed E-state index contributed by atoms with van der Waals surface area (Å²) >= 11 is 0. The van der Waals surface area contributed by atoms with Gasteiger partial charge >= 0.3 is 0 Å². The standard InChI is InChI=1S/C17H20FN3O2/c18-15-3-1-13(2-4-15)9-21-5-6-23-11-14(10-21)7-16-8-17(22)20-12-19-16/h1-4,8,12,14H,5-7,9-11H2,(H,19,20,22)/t14-/m1/s1. The number of nitrogens with one attached hydrogen (secondary N) is 1. The van der Waals surface area contributed by atoms with Crippen molar-refractivity contribution in [3.8, 4) is 0 Å². The number of ether oxygens (including phenoxy) is 1. The highest BCUT2D eigenvalue weighted by Crippen LogP contribution is 2.15. The van der Waals surface area contributed by atoms with Crippen LogP contribution in [-0.4, -0.2) is 41.2 Å². The summed E-state index contributed by atoms with van der Waals surface area (Å²) in [4.78, 5) is 20.4. The predicted octanol–water partition coefficient (Wildman–Crippen LogP) is 1.60. The number of nitrogens with zero attached hydrogens (tertiary/aromatic N) is 2. The lowest BCUT2D eigenvalue weighted by Crippen LogP contribution is -2.30. The third kappa shape index (κ3) is 4.71. The van der Waals surface area contributed by atoms with Crippen molar-refractivity contribution in [2.24, 2.45) is 5.92 Å². The van der Waals surface area contributed by atoms with Crippen LogP contribution < -0.4 is 5.56 Å². The molecule has 1 fully saturated rings. The zero-order chi connectivity index (χ0) is 16.1. The molecule has 122 valence electrons. The van der Waals surface area contributed by atoms with E-state index in [9.17, 15) is 9.18 Å². The Morgan fingerprint density at radius 3 is 2.96 bits per heavy atom. The van der Waals surface area contributed by atoms with Gasteiger partial charge in [-0.3, -0.25) is 9.69 Å². The molecule has 0 radical (unpaired) electrons. The van der Waals surface area contributed by atoms with Crippen molar-refractivity contribution in [1.29, 1.82) is 0 Å². The van der Waals surface area contributed by atoms with Gasteiger partial charge < -0.3 is 9.72 Å². The Kier molecular flexibility index (Phi) is 5.15. The van der Waals surface area contributed by atoms with Crippen molar-refractivity contribution in [2.45, 2.75) is 13.0 Å². The number of aromatic amines is 1. The van der Waals surface area contributed by atoms with Crippen LogP contribution in [0.1, 0.15) is 11.3 Å². The molecule has 0 amide bonds. The Morgan fingerprint density at radius 1 is 1.35 bits per heavy atom. The summed E-state index contributed by atoms with van der Waals surface area (Å²) in [5.41, 5.74) is 1.74. The van der Waals surface area contributed by atoms with Gasteiger partial charge in [0.25, 0.3) is 5.56 Å². The average Bonchev–Trinajstić information content (AvgIpc) is 2.75. The average molecular weight is 317 g/mol. The van der Waals surface area contributed by atoms with Gasteiger partial charge in [-0.1, -0.05) is 12.1 Å². The molecule has 0 bridgehead atoms. The monoisotopic (exact) mass is 317 g/mol. The lowest BCUT2D eigenvalue weighted by Gasteiger charge is -2.23. The van der Waals surface area contributed by atoms with Gasteiger partial charge in [0.1, 0.15) is 5.82 Å². The summed E-state index contributed by atoms with van der Waals surface area (Å²) in [5, 5.41) is 0. The highest BCUT2D eigenvalue weighted by molar-refractivity contribution is 5.16. The fourth-order valence-corrected chi connectivity index (χ4v) is 2.88. The maximum absolute atomic E-state index is 13.0. The van der Waals surface area contributed by atoms with Crippen LogP contribution in [0.25, 0.3) is 0 Å². The summed E-state index contributed by atoms with van der Waals surface area (Å²) in [7, 11) is 0. The van der Waals surface area contributed by atoms with Crippen LogP contribution >= 0.6 is 0 Å². The molecule has 3 rings (SSSR count). The highest BCUT2D eigenvalue weighted by atomic mass is 19.1. The molecule has 6 heteroatoms. The van der Waals surface area contributed by atoms with Gasteiger partial charge in [-0.15, -0.1) is 0 Å². The third-order valence-electron chi connectivity index (χ3n) is 3.97. The van der Waals surface area contributed by atoms with E-state index in [1.165, 1.54) is 24.5 Å². The fraction of sp³-hybridized carbons (Fsp3) is 0.412. The summed E-state index contributed by atoms with van der Waals surface area (Å²) in [6.07, 6.45) is 2.15. The van der Waals surface area contributed by atoms with Crippen LogP contribution in [0.15, 0.2) is 41.5 Å². The molecule has 1 aromatic carbocycles. The Labute approximate surface area is 134 Å². The Morgan fingerprint density at radius 2 is 2.17 bits per heavy atom. The lowest BCUT2D eigenvalue weighted by molar-refractivity contribution is 0.121. The van der Waals surface area contributed by atoms with Crippen LogP contribution in [0.2, 0.25) is 0 Å². The molecule has 2 heterocycles. The van der Waals surface area contributed by atoms with Crippen LogP contribution in [0, 0.1) is 11.7 Å². The van der Waals surface area contributed by atoms with E-state index in [1.807, 2.05) is 12.1 Å². The van der Waals surface area contributed by atoms with Crippen molar-refractivity contribution in [3.63, 3.8) is 0 Å². The fourth-order valence-electron chi connectivity index (χ4n) is 2.88. The molecule has 0 spiro atoms. The SMILES string of the molecule is O=c1cc(C[C@H]2COCCN(Cc3ccc(F)cc3)C2)nc[nH]1. The molecule has 2 aromatic rings. The van der Waals surface area contributed by atoms with Gasteiger partial charge in [-0.2, -0.15) is 0 Å². The minimum absolute atomic E-state index is 0.132. The van der Waals surface area contributed by atoms with Gasteiger partial charge in [0.15, 0.2) is 0 Å². The molecule has 0 saturated carbocycles. The molecule has 23 heavy (non-hydrogen) atoms. The summed E-state index contributed by atoms with van der Waals surface area (Å²) in [6.45, 7) is 3.82. The lowest BCUT2D eigenvalue weighted by atomic mass is 10.0. The van der Waals surface area contributed by atoms with E-state index >= 15 is 0 Å². The van der Waals surface area contributed by atoms with Crippen LogP contribution in [0.3, 0.4) is 0 Å². The Bertz CT molecular complexity index is 687.